The summed E-state index contributed by atoms with van der Waals surface area (Å²) in [4.78, 5) is 25.0. The molecule has 6 heteroatoms. The second-order valence-electron chi connectivity index (χ2n) is 6.42. The fourth-order valence-corrected chi connectivity index (χ4v) is 4.46. The van der Waals surface area contributed by atoms with Crippen LogP contribution in [0.2, 0.25) is 0 Å². The molecule has 3 aromatic rings. The Hall–Kier alpha value is -2.70. The zero-order chi connectivity index (χ0) is 18.1. The molecule has 1 unspecified atom stereocenters. The number of fused-ring (bicyclic) bond motifs is 2. The summed E-state index contributed by atoms with van der Waals surface area (Å²) in [6, 6.07) is 15.1. The van der Waals surface area contributed by atoms with Gasteiger partial charge in [0.1, 0.15) is 0 Å². The Balaban J connectivity index is 1.57. The number of benzene rings is 2. The molecule has 132 valence electrons. The Morgan fingerprint density at radius 3 is 2.73 bits per heavy atom. The van der Waals surface area contributed by atoms with Crippen molar-refractivity contribution in [3.05, 3.63) is 70.1 Å². The van der Waals surface area contributed by atoms with E-state index in [4.69, 9.17) is 5.21 Å². The van der Waals surface area contributed by atoms with Gasteiger partial charge in [-0.05, 0) is 60.0 Å². The summed E-state index contributed by atoms with van der Waals surface area (Å²) in [6.45, 7) is 0. The van der Waals surface area contributed by atoms with Gasteiger partial charge in [-0.25, -0.2) is 5.48 Å². The maximum Gasteiger partial charge on any atom is 0.274 e. The molecule has 4 rings (SSSR count). The minimum Gasteiger partial charge on any atom is -0.345 e. The van der Waals surface area contributed by atoms with E-state index in [0.29, 0.717) is 10.4 Å². The lowest BCUT2D eigenvalue weighted by Gasteiger charge is -2.26. The molecule has 3 N–H and O–H groups in total. The monoisotopic (exact) mass is 366 g/mol. The van der Waals surface area contributed by atoms with E-state index in [1.807, 2.05) is 36.4 Å². The van der Waals surface area contributed by atoms with Crippen molar-refractivity contribution >= 4 is 33.2 Å². The summed E-state index contributed by atoms with van der Waals surface area (Å²) in [5.41, 5.74) is 4.16. The van der Waals surface area contributed by atoms with Crippen LogP contribution in [0.25, 0.3) is 10.1 Å². The minimum absolute atomic E-state index is 0.0669. The summed E-state index contributed by atoms with van der Waals surface area (Å²) in [5.74, 6) is -0.592. The first-order valence-corrected chi connectivity index (χ1v) is 9.34. The highest BCUT2D eigenvalue weighted by atomic mass is 32.1. The van der Waals surface area contributed by atoms with E-state index in [1.165, 1.54) is 11.3 Å². The molecule has 5 nitrogen and oxygen atoms in total. The molecule has 0 aliphatic heterocycles. The molecule has 0 spiro atoms. The topological polar surface area (TPSA) is 78.4 Å². The van der Waals surface area contributed by atoms with Gasteiger partial charge in [0.15, 0.2) is 0 Å². The molecule has 1 aliphatic rings. The molecule has 0 saturated carbocycles. The normalized spacial score (nSPS) is 16.1. The number of amides is 2. The molecule has 0 radical (unpaired) electrons. The number of hydrogen-bond acceptors (Lipinski definition) is 4. The van der Waals surface area contributed by atoms with E-state index >= 15 is 0 Å². The van der Waals surface area contributed by atoms with E-state index < -0.39 is 5.91 Å². The maximum absolute atomic E-state index is 12.7. The van der Waals surface area contributed by atoms with Gasteiger partial charge >= 0.3 is 0 Å². The Bertz CT molecular complexity index is 963. The minimum atomic E-state index is -0.524. The predicted molar refractivity (Wildman–Crippen MR) is 101 cm³/mol. The molecule has 2 aromatic carbocycles. The number of nitrogens with one attached hydrogen (secondary N) is 2. The second kappa shape index (κ2) is 6.90. The number of thiophene rings is 1. The Morgan fingerprint density at radius 1 is 1.08 bits per heavy atom. The van der Waals surface area contributed by atoms with Crippen LogP contribution >= 0.6 is 11.3 Å². The molecule has 0 fully saturated rings. The van der Waals surface area contributed by atoms with Crippen LogP contribution < -0.4 is 10.8 Å². The lowest BCUT2D eigenvalue weighted by atomic mass is 9.86. The van der Waals surface area contributed by atoms with Crippen molar-refractivity contribution in [2.24, 2.45) is 0 Å². The van der Waals surface area contributed by atoms with Gasteiger partial charge < -0.3 is 5.32 Å². The number of carbonyl (C=O) groups is 2. The smallest absolute Gasteiger partial charge is 0.274 e. The average Bonchev–Trinajstić information content (AvgIpc) is 3.11. The summed E-state index contributed by atoms with van der Waals surface area (Å²) in [7, 11) is 0. The SMILES string of the molecule is O=C(NO)c1ccc2c(c1)CCCC2NC(=O)c1cc2ccccc2s1. The van der Waals surface area contributed by atoms with Crippen LogP contribution in [0.4, 0.5) is 0 Å². The molecule has 1 aromatic heterocycles. The lowest BCUT2D eigenvalue weighted by molar-refractivity contribution is 0.0706. The highest BCUT2D eigenvalue weighted by molar-refractivity contribution is 7.20. The number of hydrogen-bond donors (Lipinski definition) is 3. The molecule has 0 bridgehead atoms. The van der Waals surface area contributed by atoms with Gasteiger partial charge in [-0.3, -0.25) is 14.8 Å². The second-order valence-corrected chi connectivity index (χ2v) is 7.51. The highest BCUT2D eigenvalue weighted by Gasteiger charge is 2.24. The number of hydroxylamine groups is 1. The van der Waals surface area contributed by atoms with Crippen molar-refractivity contribution in [2.75, 3.05) is 0 Å². The predicted octanol–water partition coefficient (Wildman–Crippen LogP) is 3.83. The first-order chi connectivity index (χ1) is 12.7. The summed E-state index contributed by atoms with van der Waals surface area (Å²) >= 11 is 1.49. The molecule has 1 aliphatic carbocycles. The van der Waals surface area contributed by atoms with Crippen LogP contribution in [0.1, 0.15) is 50.0 Å². The highest BCUT2D eigenvalue weighted by Crippen LogP contribution is 2.32. The van der Waals surface area contributed by atoms with E-state index in [0.717, 1.165) is 40.5 Å². The number of aryl methyl sites for hydroxylation is 1. The van der Waals surface area contributed by atoms with Gasteiger partial charge in [0.2, 0.25) is 0 Å². The largest absolute Gasteiger partial charge is 0.345 e. The third-order valence-electron chi connectivity index (χ3n) is 4.78. The zero-order valence-corrected chi connectivity index (χ0v) is 14.8. The fourth-order valence-electron chi connectivity index (χ4n) is 3.49. The molecular formula is C20H18N2O3S. The maximum atomic E-state index is 12.7. The first kappa shape index (κ1) is 16.8. The van der Waals surface area contributed by atoms with E-state index in [-0.39, 0.29) is 11.9 Å². The summed E-state index contributed by atoms with van der Waals surface area (Å²) < 4.78 is 1.10. The van der Waals surface area contributed by atoms with Gasteiger partial charge in [-0.2, -0.15) is 0 Å². The molecule has 2 amide bonds. The summed E-state index contributed by atoms with van der Waals surface area (Å²) in [5, 5.41) is 13.0. The van der Waals surface area contributed by atoms with Crippen LogP contribution in [0, 0.1) is 0 Å². The van der Waals surface area contributed by atoms with E-state index in [9.17, 15) is 9.59 Å². The van der Waals surface area contributed by atoms with Gasteiger partial charge in [-0.15, -0.1) is 11.3 Å². The molecule has 0 saturated heterocycles. The van der Waals surface area contributed by atoms with Crippen molar-refractivity contribution in [1.82, 2.24) is 10.8 Å². The first-order valence-electron chi connectivity index (χ1n) is 8.52. The molecule has 26 heavy (non-hydrogen) atoms. The average molecular weight is 366 g/mol. The molecule has 1 heterocycles. The van der Waals surface area contributed by atoms with Crippen LogP contribution in [0.3, 0.4) is 0 Å². The van der Waals surface area contributed by atoms with Gasteiger partial charge in [0, 0.05) is 10.3 Å². The third kappa shape index (κ3) is 3.09. The summed E-state index contributed by atoms with van der Waals surface area (Å²) in [6.07, 6.45) is 2.67. The van der Waals surface area contributed by atoms with Gasteiger partial charge in [0.05, 0.1) is 10.9 Å². The lowest BCUT2D eigenvalue weighted by Crippen LogP contribution is -2.30. The number of rotatable bonds is 3. The molecular weight excluding hydrogens is 348 g/mol. The standard InChI is InChI=1S/C20H18N2O3S/c23-19(22-25)14-8-9-15-12(10-14)5-3-6-16(15)21-20(24)18-11-13-4-1-2-7-17(13)26-18/h1-2,4,7-11,16,25H,3,5-6H2,(H,21,24)(H,22,23). The molecule has 1 atom stereocenters. The van der Waals surface area contributed by atoms with Gasteiger partial charge in [-0.1, -0.05) is 24.3 Å². The van der Waals surface area contributed by atoms with Crippen molar-refractivity contribution in [1.29, 1.82) is 0 Å². The van der Waals surface area contributed by atoms with Crippen LogP contribution in [-0.4, -0.2) is 17.0 Å². The quantitative estimate of drug-likeness (QED) is 0.487. The Labute approximate surface area is 154 Å². The van der Waals surface area contributed by atoms with Crippen LogP contribution in [0.15, 0.2) is 48.5 Å². The number of carbonyl (C=O) groups excluding carboxylic acids is 2. The third-order valence-corrected chi connectivity index (χ3v) is 5.89. The van der Waals surface area contributed by atoms with Crippen LogP contribution in [0.5, 0.6) is 0 Å². The van der Waals surface area contributed by atoms with Crippen molar-refractivity contribution in [3.8, 4) is 0 Å². The van der Waals surface area contributed by atoms with Crippen molar-refractivity contribution in [3.63, 3.8) is 0 Å². The van der Waals surface area contributed by atoms with Crippen molar-refractivity contribution in [2.45, 2.75) is 25.3 Å². The van der Waals surface area contributed by atoms with Crippen molar-refractivity contribution < 1.29 is 14.8 Å². The Kier molecular flexibility index (Phi) is 4.44. The zero-order valence-electron chi connectivity index (χ0n) is 14.0. The Morgan fingerprint density at radius 2 is 1.92 bits per heavy atom. The fraction of sp³-hybridized carbons (Fsp3) is 0.200. The van der Waals surface area contributed by atoms with Crippen LogP contribution in [-0.2, 0) is 6.42 Å². The van der Waals surface area contributed by atoms with Gasteiger partial charge in [0.25, 0.3) is 11.8 Å². The van der Waals surface area contributed by atoms with E-state index in [2.05, 4.69) is 5.32 Å². The van der Waals surface area contributed by atoms with E-state index in [1.54, 1.807) is 17.6 Å².